The molecule has 0 N–H and O–H groups in total. The molecule has 2 atom stereocenters. The Balaban J connectivity index is 1.81. The molecule has 4 rings (SSSR count). The number of hydrogen-bond donors (Lipinski definition) is 0. The number of fused-ring (bicyclic) bond motifs is 3. The van der Waals surface area contributed by atoms with E-state index in [-0.39, 0.29) is 12.2 Å². The topological polar surface area (TPSA) is 49.9 Å². The van der Waals surface area contributed by atoms with Crippen molar-refractivity contribution in [3.8, 4) is 0 Å². The lowest BCUT2D eigenvalue weighted by molar-refractivity contribution is 0.364. The van der Waals surface area contributed by atoms with Gasteiger partial charge in [-0.25, -0.2) is 8.42 Å². The molecule has 0 aromatic heterocycles. The third-order valence-electron chi connectivity index (χ3n) is 4.32. The van der Waals surface area contributed by atoms with Crippen LogP contribution in [0, 0.1) is 6.92 Å². The van der Waals surface area contributed by atoms with Gasteiger partial charge in [-0.15, -0.1) is 0 Å². The highest BCUT2D eigenvalue weighted by Gasteiger charge is 2.45. The van der Waals surface area contributed by atoms with Crippen LogP contribution in [0.5, 0.6) is 0 Å². The van der Waals surface area contributed by atoms with Crippen molar-refractivity contribution in [1.82, 2.24) is 0 Å². The molecule has 0 bridgehead atoms. The van der Waals surface area contributed by atoms with E-state index in [2.05, 4.69) is 0 Å². The van der Waals surface area contributed by atoms with Crippen molar-refractivity contribution in [1.29, 1.82) is 0 Å². The van der Waals surface area contributed by atoms with Gasteiger partial charge in [0.2, 0.25) is 0 Å². The minimum absolute atomic E-state index is 0.0504. The number of nitrogens with zero attached hydrogens (tertiary/aromatic N) is 1. The van der Waals surface area contributed by atoms with Gasteiger partial charge in [-0.2, -0.15) is 0 Å². The molecule has 0 aliphatic carbocycles. The van der Waals surface area contributed by atoms with Gasteiger partial charge >= 0.3 is 0 Å². The Hall–Kier alpha value is -1.85. The lowest BCUT2D eigenvalue weighted by Crippen LogP contribution is -2.32. The molecule has 2 unspecified atom stereocenters. The summed E-state index contributed by atoms with van der Waals surface area (Å²) in [5.74, 6) is 0. The molecule has 0 saturated carbocycles. The SMILES string of the molecule is Cc1ccc(S(=O)(=O)N2CCC3OC3c3ccccc32)cc1. The average molecular weight is 315 g/mol. The molecular weight excluding hydrogens is 298 g/mol. The third-order valence-corrected chi connectivity index (χ3v) is 6.15. The van der Waals surface area contributed by atoms with Crippen LogP contribution in [0.2, 0.25) is 0 Å². The molecule has 5 heteroatoms. The minimum Gasteiger partial charge on any atom is -0.364 e. The predicted molar refractivity (Wildman–Crippen MR) is 84.4 cm³/mol. The number of hydrogen-bond acceptors (Lipinski definition) is 3. The predicted octanol–water partition coefficient (Wildman–Crippen LogP) is 3.03. The van der Waals surface area contributed by atoms with Gasteiger partial charge in [-0.05, 0) is 31.5 Å². The lowest BCUT2D eigenvalue weighted by atomic mass is 10.1. The Morgan fingerprint density at radius 1 is 1.09 bits per heavy atom. The van der Waals surface area contributed by atoms with E-state index in [1.165, 1.54) is 4.31 Å². The normalized spacial score (nSPS) is 23.4. The summed E-state index contributed by atoms with van der Waals surface area (Å²) in [7, 11) is -3.54. The van der Waals surface area contributed by atoms with Gasteiger partial charge in [0.15, 0.2) is 0 Å². The Morgan fingerprint density at radius 3 is 2.59 bits per heavy atom. The molecular formula is C17H17NO3S. The standard InChI is InChI=1S/C17H17NO3S/c1-12-6-8-13(9-7-12)22(19,20)18-11-10-16-17(21-16)14-4-2-3-5-15(14)18/h2-9,16-17H,10-11H2,1H3. The van der Waals surface area contributed by atoms with E-state index < -0.39 is 10.0 Å². The molecule has 2 aliphatic heterocycles. The van der Waals surface area contributed by atoms with Gasteiger partial charge in [-0.1, -0.05) is 35.9 Å². The number of rotatable bonds is 2. The summed E-state index contributed by atoms with van der Waals surface area (Å²) in [5, 5.41) is 0. The van der Waals surface area contributed by atoms with Gasteiger partial charge in [0.05, 0.1) is 16.7 Å². The van der Waals surface area contributed by atoms with Crippen molar-refractivity contribution in [3.05, 3.63) is 59.7 Å². The molecule has 0 amide bonds. The Morgan fingerprint density at radius 2 is 1.82 bits per heavy atom. The zero-order valence-corrected chi connectivity index (χ0v) is 13.1. The molecule has 2 heterocycles. The van der Waals surface area contributed by atoms with E-state index >= 15 is 0 Å². The van der Waals surface area contributed by atoms with Gasteiger partial charge in [0, 0.05) is 12.1 Å². The quantitative estimate of drug-likeness (QED) is 0.800. The number of anilines is 1. The second kappa shape index (κ2) is 4.83. The van der Waals surface area contributed by atoms with E-state index in [0.717, 1.165) is 23.2 Å². The Bertz CT molecular complexity index is 814. The molecule has 2 aromatic rings. The minimum atomic E-state index is -3.54. The first-order chi connectivity index (χ1) is 10.6. The first-order valence-corrected chi connectivity index (χ1v) is 8.85. The van der Waals surface area contributed by atoms with Crippen LogP contribution >= 0.6 is 0 Å². The highest BCUT2D eigenvalue weighted by atomic mass is 32.2. The summed E-state index contributed by atoms with van der Waals surface area (Å²) < 4.78 is 33.2. The summed E-state index contributed by atoms with van der Waals surface area (Å²) in [6, 6.07) is 14.6. The number of sulfonamides is 1. The molecule has 2 aromatic carbocycles. The van der Waals surface area contributed by atoms with E-state index in [1.807, 2.05) is 43.3 Å². The van der Waals surface area contributed by atoms with Crippen LogP contribution in [0.15, 0.2) is 53.4 Å². The molecule has 114 valence electrons. The van der Waals surface area contributed by atoms with Crippen LogP contribution in [0.4, 0.5) is 5.69 Å². The molecule has 22 heavy (non-hydrogen) atoms. The van der Waals surface area contributed by atoms with Crippen LogP contribution in [0.25, 0.3) is 0 Å². The third kappa shape index (κ3) is 2.12. The fourth-order valence-corrected chi connectivity index (χ4v) is 4.55. The Kier molecular flexibility index (Phi) is 3.03. The second-order valence-corrected chi connectivity index (χ2v) is 7.70. The maximum absolute atomic E-state index is 13.0. The molecule has 0 radical (unpaired) electrons. The van der Waals surface area contributed by atoms with Crippen molar-refractivity contribution < 1.29 is 13.2 Å². The van der Waals surface area contributed by atoms with E-state index in [0.29, 0.717) is 11.4 Å². The molecule has 0 spiro atoms. The number of epoxide rings is 1. The van der Waals surface area contributed by atoms with Crippen molar-refractivity contribution >= 4 is 15.7 Å². The molecule has 1 saturated heterocycles. The lowest BCUT2D eigenvalue weighted by Gasteiger charge is -2.25. The average Bonchev–Trinajstić information content (AvgIpc) is 3.27. The first kappa shape index (κ1) is 13.8. The summed E-state index contributed by atoms with van der Waals surface area (Å²) in [4.78, 5) is 0.337. The highest BCUT2D eigenvalue weighted by Crippen LogP contribution is 2.48. The van der Waals surface area contributed by atoms with Crippen molar-refractivity contribution in [2.45, 2.75) is 30.4 Å². The summed E-state index contributed by atoms with van der Waals surface area (Å²) in [5.41, 5.74) is 2.76. The van der Waals surface area contributed by atoms with Crippen molar-refractivity contribution in [2.24, 2.45) is 0 Å². The van der Waals surface area contributed by atoms with E-state index in [4.69, 9.17) is 4.74 Å². The summed E-state index contributed by atoms with van der Waals surface area (Å²) in [6.07, 6.45) is 0.929. The van der Waals surface area contributed by atoms with E-state index in [1.54, 1.807) is 12.1 Å². The van der Waals surface area contributed by atoms with Gasteiger partial charge in [0.25, 0.3) is 10.0 Å². The number of para-hydroxylation sites is 1. The molecule has 4 nitrogen and oxygen atoms in total. The molecule has 1 fully saturated rings. The molecule has 2 aliphatic rings. The van der Waals surface area contributed by atoms with Gasteiger partial charge in [0.1, 0.15) is 6.10 Å². The summed E-state index contributed by atoms with van der Waals surface area (Å²) >= 11 is 0. The first-order valence-electron chi connectivity index (χ1n) is 7.41. The zero-order chi connectivity index (χ0) is 15.3. The van der Waals surface area contributed by atoms with Crippen LogP contribution in [-0.4, -0.2) is 21.1 Å². The zero-order valence-electron chi connectivity index (χ0n) is 12.3. The maximum atomic E-state index is 13.0. The number of ether oxygens (including phenoxy) is 1. The van der Waals surface area contributed by atoms with Crippen LogP contribution < -0.4 is 4.31 Å². The fourth-order valence-electron chi connectivity index (χ4n) is 3.04. The van der Waals surface area contributed by atoms with Crippen LogP contribution in [-0.2, 0) is 14.8 Å². The van der Waals surface area contributed by atoms with Crippen molar-refractivity contribution in [3.63, 3.8) is 0 Å². The van der Waals surface area contributed by atoms with E-state index in [9.17, 15) is 8.42 Å². The largest absolute Gasteiger partial charge is 0.364 e. The van der Waals surface area contributed by atoms with Gasteiger partial charge in [-0.3, -0.25) is 4.31 Å². The van der Waals surface area contributed by atoms with Crippen molar-refractivity contribution in [2.75, 3.05) is 10.8 Å². The fraction of sp³-hybridized carbons (Fsp3) is 0.294. The second-order valence-electron chi connectivity index (χ2n) is 5.83. The van der Waals surface area contributed by atoms with Crippen LogP contribution in [0.1, 0.15) is 23.7 Å². The maximum Gasteiger partial charge on any atom is 0.264 e. The van der Waals surface area contributed by atoms with Gasteiger partial charge < -0.3 is 4.74 Å². The smallest absolute Gasteiger partial charge is 0.264 e. The highest BCUT2D eigenvalue weighted by molar-refractivity contribution is 7.92. The Labute approximate surface area is 130 Å². The monoisotopic (exact) mass is 315 g/mol. The van der Waals surface area contributed by atoms with Crippen LogP contribution in [0.3, 0.4) is 0 Å². The number of benzene rings is 2. The summed E-state index contributed by atoms with van der Waals surface area (Å²) in [6.45, 7) is 2.40. The number of aryl methyl sites for hydroxylation is 1.